The van der Waals surface area contributed by atoms with Crippen molar-refractivity contribution in [1.29, 1.82) is 0 Å². The van der Waals surface area contributed by atoms with Gasteiger partial charge in [-0.3, -0.25) is 0 Å². The van der Waals surface area contributed by atoms with E-state index in [1.54, 1.807) is 0 Å². The van der Waals surface area contributed by atoms with Crippen LogP contribution in [0.2, 0.25) is 30.7 Å². The maximum atomic E-state index is 12.0. The average molecular weight is 777 g/mol. The number of hydrogen-bond donors (Lipinski definition) is 2. The first-order valence-electron chi connectivity index (χ1n) is 10.7. The van der Waals surface area contributed by atoms with E-state index >= 15 is 0 Å². The molecule has 0 aliphatic carbocycles. The van der Waals surface area contributed by atoms with Crippen LogP contribution < -0.4 is 69.7 Å². The standard InChI is InChI=1S/C22H12Cl6N6O6S2.2Na/c23-15-17(25)31-21(32-18(15)26)29-11-5-3-9(13(7-11)41(35,36)37)1-2-10-4-6-12(8-14(10)42(38,39)40)30-22-33-19(27)16(24)20(28)34-22;;/h1-8H,(H,29,31,32)(H,30,33,34)(H,35,36,37)(H,38,39,40);;/q;2*+1/p-2. The summed E-state index contributed by atoms with van der Waals surface area (Å²) in [6.07, 6.45) is 2.28. The van der Waals surface area contributed by atoms with Gasteiger partial charge in [-0.15, -0.1) is 0 Å². The van der Waals surface area contributed by atoms with E-state index in [0.29, 0.717) is 0 Å². The summed E-state index contributed by atoms with van der Waals surface area (Å²) in [4.78, 5) is 14.1. The molecular weight excluding hydrogens is 767 g/mol. The van der Waals surface area contributed by atoms with Crippen LogP contribution >= 0.6 is 69.6 Å². The van der Waals surface area contributed by atoms with Gasteiger partial charge >= 0.3 is 59.1 Å². The van der Waals surface area contributed by atoms with Crippen molar-refractivity contribution in [1.82, 2.24) is 19.9 Å². The maximum Gasteiger partial charge on any atom is 1.00 e. The largest absolute Gasteiger partial charge is 1.00 e. The van der Waals surface area contributed by atoms with Gasteiger partial charge in [-0.2, -0.15) is 19.9 Å². The van der Waals surface area contributed by atoms with E-state index in [0.717, 1.165) is 24.3 Å². The molecule has 0 unspecified atom stereocenters. The van der Waals surface area contributed by atoms with Crippen LogP contribution in [0, 0.1) is 0 Å². The van der Waals surface area contributed by atoms with E-state index < -0.39 is 30.0 Å². The van der Waals surface area contributed by atoms with E-state index in [-0.39, 0.29) is 124 Å². The Kier molecular flexibility index (Phi) is 14.5. The van der Waals surface area contributed by atoms with Gasteiger partial charge in [0.2, 0.25) is 11.9 Å². The third kappa shape index (κ3) is 10.0. The molecule has 22 heteroatoms. The van der Waals surface area contributed by atoms with Crippen molar-refractivity contribution in [2.45, 2.75) is 9.79 Å². The molecule has 0 radical (unpaired) electrons. The third-order valence-electron chi connectivity index (χ3n) is 5.06. The van der Waals surface area contributed by atoms with Crippen molar-refractivity contribution in [3.05, 3.63) is 78.2 Å². The molecular formula is C22H10Cl6N6Na2O6S2. The summed E-state index contributed by atoms with van der Waals surface area (Å²) in [5.41, 5.74) is -0.115. The van der Waals surface area contributed by atoms with Gasteiger partial charge in [0.05, 0.1) is 9.79 Å². The molecule has 2 N–H and O–H groups in total. The van der Waals surface area contributed by atoms with Crippen LogP contribution in [0.3, 0.4) is 0 Å². The van der Waals surface area contributed by atoms with Gasteiger partial charge in [0.15, 0.2) is 20.6 Å². The van der Waals surface area contributed by atoms with Crippen molar-refractivity contribution >= 4 is 125 Å². The Balaban J connectivity index is 0.00000337. The molecule has 0 aliphatic rings. The molecule has 0 amide bonds. The van der Waals surface area contributed by atoms with Gasteiger partial charge in [-0.05, 0) is 35.4 Å². The Labute approximate surface area is 325 Å². The third-order valence-corrected chi connectivity index (χ3v) is 9.04. The number of hydrogen-bond acceptors (Lipinski definition) is 12. The molecule has 0 spiro atoms. The van der Waals surface area contributed by atoms with E-state index in [4.69, 9.17) is 69.6 Å². The molecule has 0 saturated carbocycles. The molecule has 0 aliphatic heterocycles. The Morgan fingerprint density at radius 1 is 0.568 bits per heavy atom. The molecule has 0 bridgehead atoms. The molecule has 2 heterocycles. The molecule has 12 nitrogen and oxygen atoms in total. The number of aromatic nitrogens is 4. The zero-order chi connectivity index (χ0) is 31.0. The molecule has 2 aromatic heterocycles. The van der Waals surface area contributed by atoms with Crippen molar-refractivity contribution in [2.75, 3.05) is 10.6 Å². The monoisotopic (exact) mass is 774 g/mol. The molecule has 0 fully saturated rings. The van der Waals surface area contributed by atoms with Crippen LogP contribution in [0.1, 0.15) is 11.1 Å². The molecule has 0 saturated heterocycles. The molecule has 220 valence electrons. The quantitative estimate of drug-likeness (QED) is 0.110. The Morgan fingerprint density at radius 3 is 1.14 bits per heavy atom. The fourth-order valence-corrected chi connectivity index (χ4v) is 5.61. The average Bonchev–Trinajstić information content (AvgIpc) is 2.89. The smallest absolute Gasteiger partial charge is 0.744 e. The summed E-state index contributed by atoms with van der Waals surface area (Å²) in [6.45, 7) is 0. The number of halogens is 6. The van der Waals surface area contributed by atoms with Crippen LogP contribution in [-0.4, -0.2) is 45.9 Å². The predicted molar refractivity (Wildman–Crippen MR) is 158 cm³/mol. The topological polar surface area (TPSA) is 190 Å². The first-order chi connectivity index (χ1) is 19.5. The van der Waals surface area contributed by atoms with Crippen LogP contribution in [0.5, 0.6) is 0 Å². The molecule has 0 atom stereocenters. The summed E-state index contributed by atoms with van der Waals surface area (Å²) in [5.74, 6) is -0.279. The van der Waals surface area contributed by atoms with Gasteiger partial charge in [-0.1, -0.05) is 93.9 Å². The fourth-order valence-electron chi connectivity index (χ4n) is 3.27. The minimum absolute atomic E-state index is 0. The molecule has 2 aromatic carbocycles. The number of rotatable bonds is 8. The number of nitrogens with zero attached hydrogens (tertiary/aromatic N) is 4. The normalized spacial score (nSPS) is 11.5. The predicted octanol–water partition coefficient (Wildman–Crippen LogP) is 0.661. The maximum absolute atomic E-state index is 12.0. The van der Waals surface area contributed by atoms with Crippen LogP contribution in [-0.2, 0) is 20.2 Å². The van der Waals surface area contributed by atoms with E-state index in [2.05, 4.69) is 30.6 Å². The summed E-state index contributed by atoms with van der Waals surface area (Å²) in [7, 11) is -10.1. The second-order valence-electron chi connectivity index (χ2n) is 7.88. The Hall–Kier alpha value is -0.500. The van der Waals surface area contributed by atoms with Gasteiger partial charge in [0.1, 0.15) is 30.3 Å². The molecule has 4 rings (SSSR count). The van der Waals surface area contributed by atoms with Gasteiger partial charge < -0.3 is 19.7 Å². The minimum atomic E-state index is -5.06. The van der Waals surface area contributed by atoms with E-state index in [1.165, 1.54) is 24.3 Å². The zero-order valence-electron chi connectivity index (χ0n) is 21.9. The zero-order valence-corrected chi connectivity index (χ0v) is 32.1. The number of anilines is 4. The molecule has 44 heavy (non-hydrogen) atoms. The van der Waals surface area contributed by atoms with Crippen molar-refractivity contribution in [3.63, 3.8) is 0 Å². The Morgan fingerprint density at radius 2 is 0.864 bits per heavy atom. The van der Waals surface area contributed by atoms with Crippen molar-refractivity contribution in [2.24, 2.45) is 0 Å². The van der Waals surface area contributed by atoms with Crippen LogP contribution in [0.4, 0.5) is 23.3 Å². The van der Waals surface area contributed by atoms with Gasteiger partial charge in [0.25, 0.3) is 0 Å². The van der Waals surface area contributed by atoms with Crippen molar-refractivity contribution in [3.8, 4) is 0 Å². The first-order valence-corrected chi connectivity index (χ1v) is 15.8. The van der Waals surface area contributed by atoms with E-state index in [9.17, 15) is 25.9 Å². The number of benzene rings is 2. The fraction of sp³-hybridized carbons (Fsp3) is 0. The van der Waals surface area contributed by atoms with Crippen molar-refractivity contribution < 1.29 is 85.1 Å². The summed E-state index contributed by atoms with van der Waals surface area (Å²) in [5, 5.41) is 4.43. The van der Waals surface area contributed by atoms with Gasteiger partial charge in [-0.25, -0.2) is 16.8 Å². The molecule has 4 aromatic rings. The second kappa shape index (κ2) is 16.1. The minimum Gasteiger partial charge on any atom is -0.744 e. The number of nitrogens with one attached hydrogen (secondary N) is 2. The first kappa shape index (κ1) is 39.7. The summed E-state index contributed by atoms with van der Waals surface area (Å²) >= 11 is 35.1. The van der Waals surface area contributed by atoms with E-state index in [1.807, 2.05) is 0 Å². The van der Waals surface area contributed by atoms with Gasteiger partial charge in [0, 0.05) is 11.4 Å². The van der Waals surface area contributed by atoms with Crippen LogP contribution in [0.25, 0.3) is 12.2 Å². The SMILES string of the molecule is O=S(=O)([O-])c1cc(Nc2nc(Cl)c(Cl)c(Cl)n2)ccc1C=Cc1ccc(Nc2nc(Cl)c(Cl)c(Cl)n2)cc1S(=O)(=O)[O-].[Na+].[Na+]. The Bertz CT molecular complexity index is 1800. The summed E-state index contributed by atoms with van der Waals surface area (Å²) < 4.78 is 72.2. The summed E-state index contributed by atoms with van der Waals surface area (Å²) in [6, 6.07) is 7.21. The van der Waals surface area contributed by atoms with Crippen LogP contribution in [0.15, 0.2) is 46.2 Å². The second-order valence-corrected chi connectivity index (χ2v) is 12.8.